The zero-order valence-electron chi connectivity index (χ0n) is 30.1. The van der Waals surface area contributed by atoms with Gasteiger partial charge in [0.05, 0.1) is 23.8 Å². The van der Waals surface area contributed by atoms with Crippen LogP contribution in [0.4, 0.5) is 0 Å². The molecule has 0 spiro atoms. The molecule has 3 N–H and O–H groups in total. The van der Waals surface area contributed by atoms with Crippen LogP contribution in [-0.2, 0) is 24.6 Å². The number of hydrogen-bond acceptors (Lipinski definition) is 9. The van der Waals surface area contributed by atoms with Crippen molar-refractivity contribution in [3.8, 4) is 34.4 Å². The quantitative estimate of drug-likeness (QED) is 0.0956. The van der Waals surface area contributed by atoms with E-state index in [4.69, 9.17) is 25.8 Å². The summed E-state index contributed by atoms with van der Waals surface area (Å²) in [6.07, 6.45) is 7.99. The Balaban J connectivity index is 1.32. The van der Waals surface area contributed by atoms with Gasteiger partial charge >= 0.3 is 5.97 Å². The molecule has 1 atom stereocenters. The van der Waals surface area contributed by atoms with Crippen molar-refractivity contribution in [2.75, 3.05) is 32.8 Å². The summed E-state index contributed by atoms with van der Waals surface area (Å²) < 4.78 is 18.7. The van der Waals surface area contributed by atoms with Gasteiger partial charge in [-0.1, -0.05) is 48.4 Å². The lowest BCUT2D eigenvalue weighted by Gasteiger charge is -2.26. The van der Waals surface area contributed by atoms with E-state index in [9.17, 15) is 20.3 Å². The largest absolute Gasteiger partial charge is 0.493 e. The van der Waals surface area contributed by atoms with Crippen LogP contribution in [0.5, 0.6) is 17.2 Å². The zero-order valence-corrected chi connectivity index (χ0v) is 30.8. The summed E-state index contributed by atoms with van der Waals surface area (Å²) in [5, 5.41) is 31.9. The highest BCUT2D eigenvalue weighted by Crippen LogP contribution is 2.36. The Kier molecular flexibility index (Phi) is 13.5. The normalized spacial score (nSPS) is 14.3. The highest BCUT2D eigenvalue weighted by atomic mass is 35.5. The first-order chi connectivity index (χ1) is 25.1. The van der Waals surface area contributed by atoms with Crippen LogP contribution in [-0.4, -0.2) is 64.5 Å². The number of halogens is 1. The first-order valence-electron chi connectivity index (χ1n) is 17.7. The third-order valence-corrected chi connectivity index (χ3v) is 9.91. The summed E-state index contributed by atoms with van der Waals surface area (Å²) in [5.41, 5.74) is 5.39. The maximum absolute atomic E-state index is 11.8. The average molecular weight is 727 g/mol. The molecule has 4 aromatic rings. The van der Waals surface area contributed by atoms with Crippen molar-refractivity contribution < 1.29 is 29.2 Å². The molecule has 274 valence electrons. The van der Waals surface area contributed by atoms with Gasteiger partial charge in [0.15, 0.2) is 0 Å². The standard InChI is InChI=1S/C41H47ClN4O6/c1-28-32(10-7-11-34(28)35-12-8-13-37(29(35)2)50-17-9-16-46-14-5-4-6-15-46)26-52-39-20-38(51-25-31-18-30(21-43)22-44-23-31)33(19-36(39)42)24-45-41(3,27-47)40(48)49/h7-8,10-13,18-20,22-23,45,47H,4-6,9,14-17,24-27H2,1-3H3,(H,48,49)/t41-/m0/s1. The predicted octanol–water partition coefficient (Wildman–Crippen LogP) is 7.23. The lowest BCUT2D eigenvalue weighted by Crippen LogP contribution is -2.52. The molecule has 10 nitrogen and oxygen atoms in total. The monoisotopic (exact) mass is 726 g/mol. The maximum Gasteiger partial charge on any atom is 0.326 e. The van der Waals surface area contributed by atoms with E-state index in [0.29, 0.717) is 39.8 Å². The number of carbonyl (C=O) groups is 1. The zero-order chi connectivity index (χ0) is 37.1. The second kappa shape index (κ2) is 18.2. The number of carboxylic acids is 1. The molecule has 2 heterocycles. The molecular formula is C41H47ClN4O6. The van der Waals surface area contributed by atoms with Crippen molar-refractivity contribution in [1.29, 1.82) is 5.26 Å². The molecule has 0 unspecified atom stereocenters. The minimum atomic E-state index is -1.58. The fourth-order valence-corrected chi connectivity index (χ4v) is 6.48. The predicted molar refractivity (Wildman–Crippen MR) is 201 cm³/mol. The first-order valence-corrected chi connectivity index (χ1v) is 18.0. The molecule has 1 aliphatic rings. The van der Waals surface area contributed by atoms with Gasteiger partial charge < -0.3 is 29.3 Å². The summed E-state index contributed by atoms with van der Waals surface area (Å²) in [6, 6.07) is 19.4. The minimum Gasteiger partial charge on any atom is -0.493 e. The Morgan fingerprint density at radius 2 is 1.67 bits per heavy atom. The van der Waals surface area contributed by atoms with Crippen molar-refractivity contribution >= 4 is 17.6 Å². The van der Waals surface area contributed by atoms with Crippen LogP contribution >= 0.6 is 11.6 Å². The highest BCUT2D eigenvalue weighted by molar-refractivity contribution is 6.32. The third kappa shape index (κ3) is 9.81. The second-order valence-corrected chi connectivity index (χ2v) is 13.8. The van der Waals surface area contributed by atoms with Crippen LogP contribution in [0.3, 0.4) is 0 Å². The first kappa shape index (κ1) is 38.6. The van der Waals surface area contributed by atoms with Crippen LogP contribution in [0.15, 0.2) is 67.0 Å². The third-order valence-electron chi connectivity index (χ3n) is 9.62. The number of nitrogens with one attached hydrogen (secondary N) is 1. The number of likely N-dealkylation sites (tertiary alicyclic amines) is 1. The number of hydrogen-bond donors (Lipinski definition) is 3. The molecule has 3 aromatic carbocycles. The van der Waals surface area contributed by atoms with Crippen molar-refractivity contribution in [3.05, 3.63) is 105 Å². The molecule has 11 heteroatoms. The molecule has 1 aliphatic heterocycles. The molecule has 1 saturated heterocycles. The van der Waals surface area contributed by atoms with E-state index in [1.807, 2.05) is 24.3 Å². The lowest BCUT2D eigenvalue weighted by molar-refractivity contribution is -0.145. The van der Waals surface area contributed by atoms with Crippen LogP contribution in [0.1, 0.15) is 66.0 Å². The molecule has 52 heavy (non-hydrogen) atoms. The van der Waals surface area contributed by atoms with Gasteiger partial charge in [0.2, 0.25) is 0 Å². The molecule has 1 fully saturated rings. The molecule has 0 saturated carbocycles. The van der Waals surface area contributed by atoms with Crippen LogP contribution < -0.4 is 19.5 Å². The Hall–Kier alpha value is -4.66. The van der Waals surface area contributed by atoms with Gasteiger partial charge in [-0.3, -0.25) is 15.1 Å². The topological polar surface area (TPSA) is 137 Å². The number of pyridine rings is 1. The summed E-state index contributed by atoms with van der Waals surface area (Å²) >= 11 is 6.74. The lowest BCUT2D eigenvalue weighted by atomic mass is 9.93. The van der Waals surface area contributed by atoms with Gasteiger partial charge in [0, 0.05) is 42.7 Å². The number of aliphatic hydroxyl groups excluding tert-OH is 1. The van der Waals surface area contributed by atoms with Crippen LogP contribution in [0, 0.1) is 25.2 Å². The van der Waals surface area contributed by atoms with Crippen molar-refractivity contribution in [1.82, 2.24) is 15.2 Å². The molecule has 0 bridgehead atoms. The number of nitriles is 1. The SMILES string of the molecule is Cc1c(COc2cc(OCc3cncc(C#N)c3)c(CN[C@@](C)(CO)C(=O)O)cc2Cl)cccc1-c1cccc(OCCCN2CCCCC2)c1C. The maximum atomic E-state index is 11.8. The van der Waals surface area contributed by atoms with Gasteiger partial charge in [-0.2, -0.15) is 5.26 Å². The number of aliphatic hydroxyl groups is 1. The smallest absolute Gasteiger partial charge is 0.326 e. The van der Waals surface area contributed by atoms with E-state index in [2.05, 4.69) is 47.3 Å². The van der Waals surface area contributed by atoms with Crippen molar-refractivity contribution in [3.63, 3.8) is 0 Å². The number of rotatable bonds is 17. The number of carboxylic acid groups (broad SMARTS) is 1. The van der Waals surface area contributed by atoms with Gasteiger partial charge in [-0.05, 0) is 99.1 Å². The molecule has 0 aliphatic carbocycles. The van der Waals surface area contributed by atoms with Crippen molar-refractivity contribution in [2.45, 2.75) is 71.8 Å². The second-order valence-electron chi connectivity index (χ2n) is 13.4. The number of aromatic nitrogens is 1. The Bertz CT molecular complexity index is 1890. The van der Waals surface area contributed by atoms with Crippen molar-refractivity contribution in [2.24, 2.45) is 0 Å². The summed E-state index contributed by atoms with van der Waals surface area (Å²) in [6.45, 7) is 9.44. The van der Waals surface area contributed by atoms with E-state index in [-0.39, 0.29) is 19.8 Å². The van der Waals surface area contributed by atoms with Crippen LogP contribution in [0.25, 0.3) is 11.1 Å². The summed E-state index contributed by atoms with van der Waals surface area (Å²) in [4.78, 5) is 18.4. The Morgan fingerprint density at radius 3 is 2.40 bits per heavy atom. The van der Waals surface area contributed by atoms with E-state index in [1.54, 1.807) is 24.4 Å². The number of aliphatic carboxylic acids is 1. The van der Waals surface area contributed by atoms with Gasteiger partial charge in [0.25, 0.3) is 0 Å². The Morgan fingerprint density at radius 1 is 0.942 bits per heavy atom. The molecule has 5 rings (SSSR count). The Labute approximate surface area is 310 Å². The number of nitrogens with zero attached hydrogens (tertiary/aromatic N) is 3. The number of benzene rings is 3. The van der Waals surface area contributed by atoms with E-state index >= 15 is 0 Å². The highest BCUT2D eigenvalue weighted by Gasteiger charge is 2.32. The number of piperidine rings is 1. The van der Waals surface area contributed by atoms with E-state index in [0.717, 1.165) is 46.5 Å². The number of ether oxygens (including phenoxy) is 3. The van der Waals surface area contributed by atoms with Crippen LogP contribution in [0.2, 0.25) is 5.02 Å². The minimum absolute atomic E-state index is 0.0386. The summed E-state index contributed by atoms with van der Waals surface area (Å²) in [5.74, 6) is 0.476. The fourth-order valence-electron chi connectivity index (χ4n) is 6.24. The molecule has 1 aromatic heterocycles. The molecule has 0 amide bonds. The molecular weight excluding hydrogens is 680 g/mol. The summed E-state index contributed by atoms with van der Waals surface area (Å²) in [7, 11) is 0. The van der Waals surface area contributed by atoms with Gasteiger partial charge in [-0.25, -0.2) is 0 Å². The van der Waals surface area contributed by atoms with E-state index < -0.39 is 18.1 Å². The molecule has 0 radical (unpaired) electrons. The van der Waals surface area contributed by atoms with E-state index in [1.165, 1.54) is 45.5 Å². The van der Waals surface area contributed by atoms with Gasteiger partial charge in [-0.15, -0.1) is 0 Å². The fraction of sp³-hybridized carbons (Fsp3) is 0.390. The van der Waals surface area contributed by atoms with Gasteiger partial charge in [0.1, 0.15) is 42.1 Å². The average Bonchev–Trinajstić information content (AvgIpc) is 3.16.